The van der Waals surface area contributed by atoms with Gasteiger partial charge in [-0.05, 0) is 30.5 Å². The molecule has 0 aromatic carbocycles. The number of rotatable bonds is 6. The fourth-order valence-electron chi connectivity index (χ4n) is 1.93. The summed E-state index contributed by atoms with van der Waals surface area (Å²) in [6, 6.07) is 0. The van der Waals surface area contributed by atoms with Crippen LogP contribution in [0.3, 0.4) is 0 Å². The molecule has 0 aromatic rings. The molecule has 0 saturated carbocycles. The van der Waals surface area contributed by atoms with Crippen LogP contribution < -0.4 is 0 Å². The van der Waals surface area contributed by atoms with E-state index in [2.05, 4.69) is 52.9 Å². The first-order valence-electron chi connectivity index (χ1n) is 7.47. The van der Waals surface area contributed by atoms with Crippen molar-refractivity contribution in [2.24, 2.45) is 11.1 Å². The molecule has 1 atom stereocenters. The lowest BCUT2D eigenvalue weighted by atomic mass is 10.0. The fourth-order valence-corrected chi connectivity index (χ4v) is 2.97. The minimum Gasteiger partial charge on any atom is -0.416 e. The molecule has 0 saturated heterocycles. The Morgan fingerprint density at radius 3 is 2.53 bits per heavy atom. The summed E-state index contributed by atoms with van der Waals surface area (Å²) in [5.74, 6) is 0.669. The molecule has 1 aliphatic heterocycles. The molecule has 1 heterocycles. The molecule has 1 unspecified atom stereocenters. The molecule has 112 valence electrons. The standard InChI is InChI=1S/C15H31NO2Si/c1-12(2)10-14-11-13(16-18-14)8-9-17-19(6,7)15(3,4)5/h12,14H,8-11H2,1-7H3. The van der Waals surface area contributed by atoms with Crippen LogP contribution in [-0.2, 0) is 9.26 Å². The molecule has 3 nitrogen and oxygen atoms in total. The average molecular weight is 286 g/mol. The Morgan fingerprint density at radius 1 is 1.37 bits per heavy atom. The second-order valence-electron chi connectivity index (χ2n) is 7.58. The highest BCUT2D eigenvalue weighted by Gasteiger charge is 2.37. The fraction of sp³-hybridized carbons (Fsp3) is 0.933. The van der Waals surface area contributed by atoms with E-state index in [1.54, 1.807) is 0 Å². The van der Waals surface area contributed by atoms with E-state index in [0.29, 0.717) is 12.0 Å². The van der Waals surface area contributed by atoms with Crippen molar-refractivity contribution in [1.82, 2.24) is 0 Å². The van der Waals surface area contributed by atoms with Gasteiger partial charge in [-0.3, -0.25) is 0 Å². The quantitative estimate of drug-likeness (QED) is 0.668. The van der Waals surface area contributed by atoms with E-state index in [0.717, 1.165) is 25.9 Å². The Hall–Kier alpha value is -0.353. The molecule has 0 aromatic heterocycles. The van der Waals surface area contributed by atoms with Gasteiger partial charge < -0.3 is 9.26 Å². The molecule has 1 rings (SSSR count). The van der Waals surface area contributed by atoms with Crippen LogP contribution in [0.1, 0.15) is 53.9 Å². The SMILES string of the molecule is CC(C)CC1CC(CCO[Si](C)(C)C(C)(C)C)=NO1. The third kappa shape index (κ3) is 5.26. The van der Waals surface area contributed by atoms with Crippen molar-refractivity contribution in [1.29, 1.82) is 0 Å². The van der Waals surface area contributed by atoms with Gasteiger partial charge in [-0.25, -0.2) is 0 Å². The van der Waals surface area contributed by atoms with E-state index < -0.39 is 8.32 Å². The van der Waals surface area contributed by atoms with Crippen LogP contribution in [0.15, 0.2) is 5.16 Å². The first-order chi connectivity index (χ1) is 8.62. The maximum Gasteiger partial charge on any atom is 0.191 e. The summed E-state index contributed by atoms with van der Waals surface area (Å²) in [5.41, 5.74) is 1.17. The highest BCUT2D eigenvalue weighted by atomic mass is 28.4. The van der Waals surface area contributed by atoms with Crippen LogP contribution in [0.25, 0.3) is 0 Å². The van der Waals surface area contributed by atoms with Crippen molar-refractivity contribution in [2.75, 3.05) is 6.61 Å². The topological polar surface area (TPSA) is 30.8 Å². The first kappa shape index (κ1) is 16.7. The van der Waals surface area contributed by atoms with Gasteiger partial charge in [-0.2, -0.15) is 0 Å². The summed E-state index contributed by atoms with van der Waals surface area (Å²) in [4.78, 5) is 5.47. The van der Waals surface area contributed by atoms with E-state index in [9.17, 15) is 0 Å². The van der Waals surface area contributed by atoms with E-state index in [1.165, 1.54) is 5.71 Å². The monoisotopic (exact) mass is 285 g/mol. The van der Waals surface area contributed by atoms with Crippen molar-refractivity contribution in [2.45, 2.75) is 78.1 Å². The summed E-state index contributed by atoms with van der Waals surface area (Å²) in [6.45, 7) is 16.6. The van der Waals surface area contributed by atoms with Crippen LogP contribution in [0.5, 0.6) is 0 Å². The Labute approximate surface area is 119 Å². The molecule has 0 radical (unpaired) electrons. The van der Waals surface area contributed by atoms with Crippen LogP contribution in [-0.4, -0.2) is 26.7 Å². The predicted octanol–water partition coefficient (Wildman–Crippen LogP) is 4.59. The smallest absolute Gasteiger partial charge is 0.191 e. The maximum atomic E-state index is 6.17. The Morgan fingerprint density at radius 2 is 2.00 bits per heavy atom. The summed E-state index contributed by atoms with van der Waals surface area (Å²) in [5, 5.41) is 4.48. The number of oxime groups is 1. The molecular formula is C15H31NO2Si. The van der Waals surface area contributed by atoms with Gasteiger partial charge in [0.05, 0.1) is 5.71 Å². The average Bonchev–Trinajstić information content (AvgIpc) is 2.62. The zero-order chi connectivity index (χ0) is 14.7. The van der Waals surface area contributed by atoms with Crippen LogP contribution in [0, 0.1) is 5.92 Å². The lowest BCUT2D eigenvalue weighted by Gasteiger charge is -2.36. The number of nitrogens with zero attached hydrogens (tertiary/aromatic N) is 1. The van der Waals surface area contributed by atoms with E-state index in [-0.39, 0.29) is 5.04 Å². The third-order valence-electron chi connectivity index (χ3n) is 4.19. The highest BCUT2D eigenvalue weighted by Crippen LogP contribution is 2.36. The van der Waals surface area contributed by atoms with Crippen LogP contribution >= 0.6 is 0 Å². The van der Waals surface area contributed by atoms with Crippen molar-refractivity contribution in [3.8, 4) is 0 Å². The van der Waals surface area contributed by atoms with Crippen molar-refractivity contribution >= 4 is 14.0 Å². The zero-order valence-corrected chi connectivity index (χ0v) is 14.7. The molecule has 0 bridgehead atoms. The van der Waals surface area contributed by atoms with Gasteiger partial charge in [0.1, 0.15) is 6.10 Å². The lowest BCUT2D eigenvalue weighted by Crippen LogP contribution is -2.41. The summed E-state index contributed by atoms with van der Waals surface area (Å²) in [7, 11) is -1.62. The molecule has 0 spiro atoms. The van der Waals surface area contributed by atoms with Crippen molar-refractivity contribution in [3.05, 3.63) is 0 Å². The summed E-state index contributed by atoms with van der Waals surface area (Å²) < 4.78 is 6.17. The predicted molar refractivity (Wildman–Crippen MR) is 84.1 cm³/mol. The molecule has 4 heteroatoms. The summed E-state index contributed by atoms with van der Waals surface area (Å²) >= 11 is 0. The molecule has 0 fully saturated rings. The van der Waals surface area contributed by atoms with E-state index >= 15 is 0 Å². The molecule has 19 heavy (non-hydrogen) atoms. The first-order valence-corrected chi connectivity index (χ1v) is 10.4. The number of hydrogen-bond donors (Lipinski definition) is 0. The van der Waals surface area contributed by atoms with Crippen LogP contribution in [0.2, 0.25) is 18.1 Å². The minimum atomic E-state index is -1.62. The Bertz CT molecular complexity index is 319. The highest BCUT2D eigenvalue weighted by molar-refractivity contribution is 6.74. The zero-order valence-electron chi connectivity index (χ0n) is 13.7. The van der Waals surface area contributed by atoms with Gasteiger partial charge in [-0.15, -0.1) is 0 Å². The van der Waals surface area contributed by atoms with Crippen LogP contribution in [0.4, 0.5) is 0 Å². The van der Waals surface area contributed by atoms with Gasteiger partial charge in [0, 0.05) is 19.4 Å². The maximum absolute atomic E-state index is 6.17. The lowest BCUT2D eigenvalue weighted by molar-refractivity contribution is 0.0697. The third-order valence-corrected chi connectivity index (χ3v) is 8.73. The molecule has 0 aliphatic carbocycles. The van der Waals surface area contributed by atoms with Gasteiger partial charge in [0.15, 0.2) is 8.32 Å². The van der Waals surface area contributed by atoms with Gasteiger partial charge in [0.25, 0.3) is 0 Å². The number of hydrogen-bond acceptors (Lipinski definition) is 3. The largest absolute Gasteiger partial charge is 0.416 e. The van der Waals surface area contributed by atoms with E-state index in [4.69, 9.17) is 9.26 Å². The summed E-state index contributed by atoms with van der Waals surface area (Å²) in [6.07, 6.45) is 3.29. The van der Waals surface area contributed by atoms with Gasteiger partial charge in [-0.1, -0.05) is 39.8 Å². The van der Waals surface area contributed by atoms with Gasteiger partial charge >= 0.3 is 0 Å². The van der Waals surface area contributed by atoms with Gasteiger partial charge in [0.2, 0.25) is 0 Å². The molecular weight excluding hydrogens is 254 g/mol. The Balaban J connectivity index is 2.28. The normalized spacial score (nSPS) is 20.6. The second kappa shape index (κ2) is 6.40. The van der Waals surface area contributed by atoms with Crippen molar-refractivity contribution in [3.63, 3.8) is 0 Å². The molecule has 0 amide bonds. The molecule has 0 N–H and O–H groups in total. The Kier molecular flexibility index (Phi) is 5.62. The minimum absolute atomic E-state index is 0.279. The second-order valence-corrected chi connectivity index (χ2v) is 12.4. The van der Waals surface area contributed by atoms with E-state index in [1.807, 2.05) is 0 Å². The molecule has 1 aliphatic rings. The van der Waals surface area contributed by atoms with Crippen molar-refractivity contribution < 1.29 is 9.26 Å².